The first-order valence-electron chi connectivity index (χ1n) is 5.77. The molecule has 0 saturated carbocycles. The van der Waals surface area contributed by atoms with Gasteiger partial charge in [0, 0.05) is 22.4 Å². The maximum absolute atomic E-state index is 10.1. The van der Waals surface area contributed by atoms with E-state index in [0.717, 1.165) is 10.1 Å². The van der Waals surface area contributed by atoms with E-state index in [2.05, 4.69) is 4.99 Å². The van der Waals surface area contributed by atoms with Gasteiger partial charge in [-0.15, -0.1) is 11.3 Å². The third-order valence-corrected chi connectivity index (χ3v) is 3.85. The van der Waals surface area contributed by atoms with Gasteiger partial charge in [0.1, 0.15) is 11.5 Å². The Morgan fingerprint density at radius 3 is 2.63 bits per heavy atom. The van der Waals surface area contributed by atoms with Crippen molar-refractivity contribution in [2.75, 3.05) is 0 Å². The summed E-state index contributed by atoms with van der Waals surface area (Å²) in [6.07, 6.45) is 1.62. The molecule has 0 aliphatic heterocycles. The topological polar surface area (TPSA) is 52.8 Å². The molecule has 0 radical (unpaired) electrons. The molecule has 0 unspecified atom stereocenters. The lowest BCUT2D eigenvalue weighted by molar-refractivity contribution is 0.475. The molecule has 0 aliphatic carbocycles. The quantitative estimate of drug-likeness (QED) is 0.689. The molecule has 3 aromatic rings. The van der Waals surface area contributed by atoms with Crippen LogP contribution < -0.4 is 0 Å². The normalized spacial score (nSPS) is 11.4. The Morgan fingerprint density at radius 1 is 1.00 bits per heavy atom. The van der Waals surface area contributed by atoms with Crippen LogP contribution in [0.1, 0.15) is 4.88 Å². The van der Waals surface area contributed by atoms with Gasteiger partial charge in [0.25, 0.3) is 0 Å². The van der Waals surface area contributed by atoms with Crippen molar-refractivity contribution in [1.29, 1.82) is 0 Å². The average Bonchev–Trinajstić information content (AvgIpc) is 2.74. The monoisotopic (exact) mass is 269 g/mol. The Kier molecular flexibility index (Phi) is 2.93. The van der Waals surface area contributed by atoms with Crippen LogP contribution in [0.2, 0.25) is 0 Å². The molecule has 3 rings (SSSR count). The first-order valence-corrected chi connectivity index (χ1v) is 6.59. The molecule has 3 nitrogen and oxygen atoms in total. The van der Waals surface area contributed by atoms with E-state index in [1.54, 1.807) is 30.5 Å². The van der Waals surface area contributed by atoms with E-state index >= 15 is 0 Å². The summed E-state index contributed by atoms with van der Waals surface area (Å²) < 4.78 is 1.03. The van der Waals surface area contributed by atoms with E-state index in [4.69, 9.17) is 0 Å². The summed E-state index contributed by atoms with van der Waals surface area (Å²) in [6.45, 7) is 0. The second-order valence-corrected chi connectivity index (χ2v) is 5.17. The highest BCUT2D eigenvalue weighted by atomic mass is 32.1. The number of phenols is 1. The Balaban J connectivity index is 1.99. The van der Waals surface area contributed by atoms with Gasteiger partial charge in [-0.05, 0) is 24.3 Å². The Hall–Kier alpha value is -2.33. The van der Waals surface area contributed by atoms with Gasteiger partial charge < -0.3 is 10.2 Å². The predicted octanol–water partition coefficient (Wildman–Crippen LogP) is 4.06. The first-order chi connectivity index (χ1) is 9.24. The van der Waals surface area contributed by atoms with Crippen LogP contribution in [0.5, 0.6) is 11.5 Å². The maximum atomic E-state index is 10.1. The van der Waals surface area contributed by atoms with Crippen molar-refractivity contribution in [3.63, 3.8) is 0 Å². The third-order valence-electron chi connectivity index (χ3n) is 2.76. The summed E-state index contributed by atoms with van der Waals surface area (Å²) in [4.78, 5) is 4.97. The lowest BCUT2D eigenvalue weighted by Crippen LogP contribution is -1.74. The highest BCUT2D eigenvalue weighted by molar-refractivity contribution is 7.21. The third kappa shape index (κ3) is 2.30. The minimum Gasteiger partial charge on any atom is -0.508 e. The van der Waals surface area contributed by atoms with Gasteiger partial charge in [0.2, 0.25) is 0 Å². The van der Waals surface area contributed by atoms with E-state index in [9.17, 15) is 10.2 Å². The largest absolute Gasteiger partial charge is 0.508 e. The number of aromatic hydroxyl groups is 2. The number of rotatable bonds is 2. The smallest absolute Gasteiger partial charge is 0.142 e. The van der Waals surface area contributed by atoms with Crippen LogP contribution in [-0.4, -0.2) is 16.4 Å². The number of thiophene rings is 1. The van der Waals surface area contributed by atoms with Gasteiger partial charge in [0.05, 0.1) is 10.6 Å². The molecule has 0 spiro atoms. The van der Waals surface area contributed by atoms with Crippen LogP contribution >= 0.6 is 11.3 Å². The molecule has 2 aromatic carbocycles. The van der Waals surface area contributed by atoms with Crippen LogP contribution in [0.3, 0.4) is 0 Å². The molecule has 0 amide bonds. The second kappa shape index (κ2) is 4.74. The van der Waals surface area contributed by atoms with Gasteiger partial charge in [-0.1, -0.05) is 18.2 Å². The molecule has 0 aliphatic rings. The molecule has 94 valence electrons. The lowest BCUT2D eigenvalue weighted by atomic mass is 10.2. The van der Waals surface area contributed by atoms with Crippen LogP contribution in [0.25, 0.3) is 10.1 Å². The fourth-order valence-electron chi connectivity index (χ4n) is 1.84. The minimum absolute atomic E-state index is 0.176. The highest BCUT2D eigenvalue weighted by Gasteiger charge is 2.08. The van der Waals surface area contributed by atoms with E-state index in [1.807, 2.05) is 24.3 Å². The Bertz CT molecular complexity index is 762. The van der Waals surface area contributed by atoms with E-state index in [1.165, 1.54) is 11.3 Å². The summed E-state index contributed by atoms with van der Waals surface area (Å²) in [5.41, 5.74) is 0.650. The van der Waals surface area contributed by atoms with Crippen molar-refractivity contribution in [3.05, 3.63) is 53.4 Å². The van der Waals surface area contributed by atoms with Crippen molar-refractivity contribution in [1.82, 2.24) is 0 Å². The number of fused-ring (bicyclic) bond motifs is 1. The average molecular weight is 269 g/mol. The molecule has 4 heteroatoms. The number of phenolic OH excluding ortho intramolecular Hbond substituents is 1. The molecule has 0 bridgehead atoms. The second-order valence-electron chi connectivity index (χ2n) is 4.09. The molecule has 19 heavy (non-hydrogen) atoms. The Morgan fingerprint density at radius 2 is 1.84 bits per heavy atom. The molecular weight excluding hydrogens is 258 g/mol. The summed E-state index contributed by atoms with van der Waals surface area (Å²) >= 11 is 1.49. The number of hydrogen-bond acceptors (Lipinski definition) is 4. The number of hydrogen-bond donors (Lipinski definition) is 2. The Labute approximate surface area is 114 Å². The molecule has 2 N–H and O–H groups in total. The van der Waals surface area contributed by atoms with Crippen molar-refractivity contribution in [2.45, 2.75) is 0 Å². The number of benzene rings is 2. The molecule has 1 heterocycles. The van der Waals surface area contributed by atoms with Crippen LogP contribution in [0.4, 0.5) is 5.69 Å². The molecule has 0 atom stereocenters. The zero-order valence-electron chi connectivity index (χ0n) is 9.95. The van der Waals surface area contributed by atoms with Crippen molar-refractivity contribution in [2.24, 2.45) is 4.99 Å². The van der Waals surface area contributed by atoms with Crippen molar-refractivity contribution in [3.8, 4) is 11.5 Å². The minimum atomic E-state index is 0.176. The molecule has 1 aromatic heterocycles. The van der Waals surface area contributed by atoms with Crippen LogP contribution in [0.15, 0.2) is 53.5 Å². The summed E-state index contributed by atoms with van der Waals surface area (Å²) in [7, 11) is 0. The van der Waals surface area contributed by atoms with E-state index in [0.29, 0.717) is 10.6 Å². The number of aliphatic imine (C=N–C) groups is 1. The molecule has 0 fully saturated rings. The first kappa shape index (κ1) is 11.7. The SMILES string of the molecule is Oc1cccc(N=Cc2sc3ccccc3c2O)c1. The zero-order valence-corrected chi connectivity index (χ0v) is 10.8. The highest BCUT2D eigenvalue weighted by Crippen LogP contribution is 2.35. The van der Waals surface area contributed by atoms with Crippen molar-refractivity contribution >= 4 is 33.3 Å². The summed E-state index contributed by atoms with van der Waals surface area (Å²) in [5, 5.41) is 20.3. The van der Waals surface area contributed by atoms with Crippen LogP contribution in [-0.2, 0) is 0 Å². The van der Waals surface area contributed by atoms with Gasteiger partial charge in [0.15, 0.2) is 0 Å². The fraction of sp³-hybridized carbons (Fsp3) is 0. The molecule has 0 saturated heterocycles. The van der Waals surface area contributed by atoms with Gasteiger partial charge in [-0.3, -0.25) is 4.99 Å². The van der Waals surface area contributed by atoms with E-state index < -0.39 is 0 Å². The fourth-order valence-corrected chi connectivity index (χ4v) is 2.82. The van der Waals surface area contributed by atoms with Gasteiger partial charge in [-0.2, -0.15) is 0 Å². The zero-order chi connectivity index (χ0) is 13.2. The standard InChI is InChI=1S/C15H11NO2S/c17-11-5-3-4-10(8-11)16-9-14-15(18)12-6-1-2-7-13(12)19-14/h1-9,17-18H. The van der Waals surface area contributed by atoms with Crippen molar-refractivity contribution < 1.29 is 10.2 Å². The van der Waals surface area contributed by atoms with Crippen LogP contribution in [0, 0.1) is 0 Å². The maximum Gasteiger partial charge on any atom is 0.142 e. The number of nitrogens with zero attached hydrogens (tertiary/aromatic N) is 1. The summed E-state index contributed by atoms with van der Waals surface area (Å²) in [5.74, 6) is 0.430. The van der Waals surface area contributed by atoms with Gasteiger partial charge >= 0.3 is 0 Å². The predicted molar refractivity (Wildman–Crippen MR) is 78.9 cm³/mol. The van der Waals surface area contributed by atoms with Gasteiger partial charge in [-0.25, -0.2) is 0 Å². The lowest BCUT2D eigenvalue weighted by Gasteiger charge is -1.94. The molecular formula is C15H11NO2S. The van der Waals surface area contributed by atoms with E-state index in [-0.39, 0.29) is 11.5 Å². The summed E-state index contributed by atoms with van der Waals surface area (Å²) in [6, 6.07) is 14.4.